The summed E-state index contributed by atoms with van der Waals surface area (Å²) in [7, 11) is 1.56. The number of likely N-dealkylation sites (N-methyl/N-ethyl adjacent to an activating group) is 1. The molecule has 4 nitrogen and oxygen atoms in total. The summed E-state index contributed by atoms with van der Waals surface area (Å²) in [5.74, 6) is 0.282. The largest absolute Gasteiger partial charge is 0.479 e. The Bertz CT molecular complexity index is 407. The van der Waals surface area contributed by atoms with Crippen molar-refractivity contribution in [3.05, 3.63) is 28.8 Å². The minimum absolute atomic E-state index is 0.0853. The fraction of sp³-hybridized carbons (Fsp3) is 0.417. The molecule has 0 aliphatic heterocycles. The van der Waals surface area contributed by atoms with Crippen LogP contribution in [0, 0.1) is 0 Å². The van der Waals surface area contributed by atoms with E-state index in [0.29, 0.717) is 10.8 Å². The number of benzene rings is 1. The van der Waals surface area contributed by atoms with Crippen LogP contribution in [0.5, 0.6) is 5.75 Å². The van der Waals surface area contributed by atoms with Crippen LogP contribution in [0.25, 0.3) is 0 Å². The van der Waals surface area contributed by atoms with Gasteiger partial charge in [-0.25, -0.2) is 0 Å². The van der Waals surface area contributed by atoms with Crippen LogP contribution in [-0.4, -0.2) is 19.1 Å². The van der Waals surface area contributed by atoms with E-state index in [0.717, 1.165) is 5.56 Å². The van der Waals surface area contributed by atoms with Gasteiger partial charge in [-0.05, 0) is 31.5 Å². The van der Waals surface area contributed by atoms with Gasteiger partial charge in [-0.1, -0.05) is 17.7 Å². The van der Waals surface area contributed by atoms with E-state index in [2.05, 4.69) is 5.32 Å². The first-order chi connectivity index (χ1) is 7.95. The van der Waals surface area contributed by atoms with Crippen LogP contribution in [0.2, 0.25) is 5.02 Å². The first kappa shape index (κ1) is 13.8. The van der Waals surface area contributed by atoms with Gasteiger partial charge in [0, 0.05) is 13.1 Å². The molecule has 0 aliphatic carbocycles. The monoisotopic (exact) mass is 256 g/mol. The Morgan fingerprint density at radius 1 is 1.47 bits per heavy atom. The molecule has 0 fully saturated rings. The maximum atomic E-state index is 11.3. The zero-order chi connectivity index (χ0) is 13.0. The number of hydrogen-bond acceptors (Lipinski definition) is 3. The second-order valence-corrected chi connectivity index (χ2v) is 4.26. The lowest BCUT2D eigenvalue weighted by Crippen LogP contribution is -2.33. The van der Waals surface area contributed by atoms with Gasteiger partial charge in [-0.2, -0.15) is 0 Å². The van der Waals surface area contributed by atoms with E-state index in [1.54, 1.807) is 26.1 Å². The van der Waals surface area contributed by atoms with Crippen molar-refractivity contribution in [3.63, 3.8) is 0 Å². The molecule has 2 atom stereocenters. The highest BCUT2D eigenvalue weighted by Gasteiger charge is 2.14. The van der Waals surface area contributed by atoms with Gasteiger partial charge in [0.15, 0.2) is 6.10 Å². The number of ether oxygens (including phenoxy) is 1. The maximum Gasteiger partial charge on any atom is 0.260 e. The molecular formula is C12H17ClN2O2. The van der Waals surface area contributed by atoms with Gasteiger partial charge in [0.25, 0.3) is 5.91 Å². The van der Waals surface area contributed by atoms with Crippen LogP contribution >= 0.6 is 11.6 Å². The first-order valence-corrected chi connectivity index (χ1v) is 5.76. The summed E-state index contributed by atoms with van der Waals surface area (Å²) >= 11 is 6.05. The lowest BCUT2D eigenvalue weighted by atomic mass is 10.1. The highest BCUT2D eigenvalue weighted by molar-refractivity contribution is 6.32. The summed E-state index contributed by atoms with van der Waals surface area (Å²) in [5, 5.41) is 2.96. The molecule has 0 aromatic heterocycles. The predicted molar refractivity (Wildman–Crippen MR) is 68.2 cm³/mol. The Morgan fingerprint density at radius 3 is 2.59 bits per heavy atom. The molecule has 0 saturated carbocycles. The summed E-state index contributed by atoms with van der Waals surface area (Å²) in [6, 6.07) is 5.22. The standard InChI is InChI=1S/C12H17ClN2O2/c1-7(14)9-4-5-11(10(13)6-9)17-8(2)12(16)15-3/h4-8H,14H2,1-3H3,(H,15,16). The Kier molecular flexibility index (Phi) is 4.78. The van der Waals surface area contributed by atoms with E-state index >= 15 is 0 Å². The van der Waals surface area contributed by atoms with Crippen molar-refractivity contribution in [2.24, 2.45) is 5.73 Å². The van der Waals surface area contributed by atoms with Crippen LogP contribution in [0.15, 0.2) is 18.2 Å². The Balaban J connectivity index is 2.83. The summed E-state index contributed by atoms with van der Waals surface area (Å²) in [6.45, 7) is 3.54. The zero-order valence-corrected chi connectivity index (χ0v) is 10.9. The van der Waals surface area contributed by atoms with Gasteiger partial charge < -0.3 is 15.8 Å². The normalized spacial score (nSPS) is 13.9. The van der Waals surface area contributed by atoms with E-state index in [1.807, 2.05) is 13.0 Å². The molecule has 0 heterocycles. The number of hydrogen-bond donors (Lipinski definition) is 2. The fourth-order valence-corrected chi connectivity index (χ4v) is 1.58. The van der Waals surface area contributed by atoms with E-state index in [1.165, 1.54) is 0 Å². The van der Waals surface area contributed by atoms with Crippen molar-refractivity contribution in [2.75, 3.05) is 7.05 Å². The molecule has 1 aromatic carbocycles. The number of amides is 1. The highest BCUT2D eigenvalue weighted by Crippen LogP contribution is 2.28. The van der Waals surface area contributed by atoms with Crippen LogP contribution in [0.3, 0.4) is 0 Å². The Hall–Kier alpha value is -1.26. The van der Waals surface area contributed by atoms with E-state index in [4.69, 9.17) is 22.1 Å². The molecule has 1 amide bonds. The van der Waals surface area contributed by atoms with Crippen molar-refractivity contribution in [1.82, 2.24) is 5.32 Å². The number of nitrogens with two attached hydrogens (primary N) is 1. The zero-order valence-electron chi connectivity index (χ0n) is 10.2. The van der Waals surface area contributed by atoms with Crippen molar-refractivity contribution in [1.29, 1.82) is 0 Å². The molecule has 94 valence electrons. The van der Waals surface area contributed by atoms with Gasteiger partial charge in [0.2, 0.25) is 0 Å². The number of halogens is 1. The molecule has 17 heavy (non-hydrogen) atoms. The van der Waals surface area contributed by atoms with Crippen LogP contribution in [0.4, 0.5) is 0 Å². The van der Waals surface area contributed by atoms with E-state index in [-0.39, 0.29) is 11.9 Å². The minimum atomic E-state index is -0.585. The number of carbonyl (C=O) groups is 1. The Morgan fingerprint density at radius 2 is 2.12 bits per heavy atom. The quantitative estimate of drug-likeness (QED) is 0.865. The lowest BCUT2D eigenvalue weighted by molar-refractivity contribution is -0.126. The molecule has 5 heteroatoms. The van der Waals surface area contributed by atoms with Crippen molar-refractivity contribution in [3.8, 4) is 5.75 Å². The SMILES string of the molecule is CNC(=O)C(C)Oc1ccc(C(C)N)cc1Cl. The van der Waals surface area contributed by atoms with Gasteiger partial charge in [-0.3, -0.25) is 4.79 Å². The topological polar surface area (TPSA) is 64.3 Å². The number of rotatable bonds is 4. The smallest absolute Gasteiger partial charge is 0.260 e. The molecule has 1 rings (SSSR count). The summed E-state index contributed by atoms with van der Waals surface area (Å²) in [4.78, 5) is 11.3. The predicted octanol–water partition coefficient (Wildman–Crippen LogP) is 1.87. The summed E-state index contributed by atoms with van der Waals surface area (Å²) in [6.07, 6.45) is -0.585. The molecule has 0 bridgehead atoms. The average Bonchev–Trinajstić information content (AvgIpc) is 2.30. The molecule has 0 radical (unpaired) electrons. The van der Waals surface area contributed by atoms with Gasteiger partial charge in [0.1, 0.15) is 5.75 Å². The van der Waals surface area contributed by atoms with E-state index < -0.39 is 6.10 Å². The molecular weight excluding hydrogens is 240 g/mol. The number of carbonyl (C=O) groups excluding carboxylic acids is 1. The minimum Gasteiger partial charge on any atom is -0.479 e. The maximum absolute atomic E-state index is 11.3. The van der Waals surface area contributed by atoms with Gasteiger partial charge in [-0.15, -0.1) is 0 Å². The van der Waals surface area contributed by atoms with Crippen molar-refractivity contribution >= 4 is 17.5 Å². The van der Waals surface area contributed by atoms with Crippen LogP contribution in [-0.2, 0) is 4.79 Å². The fourth-order valence-electron chi connectivity index (χ4n) is 1.34. The summed E-state index contributed by atoms with van der Waals surface area (Å²) < 4.78 is 5.45. The van der Waals surface area contributed by atoms with Crippen LogP contribution < -0.4 is 15.8 Å². The molecule has 0 spiro atoms. The first-order valence-electron chi connectivity index (χ1n) is 5.39. The third-order valence-corrected chi connectivity index (χ3v) is 2.70. The second kappa shape index (κ2) is 5.89. The molecule has 2 unspecified atom stereocenters. The van der Waals surface area contributed by atoms with Gasteiger partial charge >= 0.3 is 0 Å². The lowest BCUT2D eigenvalue weighted by Gasteiger charge is -2.15. The average molecular weight is 257 g/mol. The number of nitrogens with one attached hydrogen (secondary N) is 1. The van der Waals surface area contributed by atoms with Crippen molar-refractivity contribution < 1.29 is 9.53 Å². The Labute approximate surface area is 106 Å². The van der Waals surface area contributed by atoms with Crippen LogP contribution in [0.1, 0.15) is 25.5 Å². The van der Waals surface area contributed by atoms with E-state index in [9.17, 15) is 4.79 Å². The highest BCUT2D eigenvalue weighted by atomic mass is 35.5. The molecule has 0 saturated heterocycles. The third-order valence-electron chi connectivity index (χ3n) is 2.40. The third kappa shape index (κ3) is 3.61. The molecule has 1 aromatic rings. The molecule has 3 N–H and O–H groups in total. The summed E-state index contributed by atoms with van der Waals surface area (Å²) in [5.41, 5.74) is 6.67. The van der Waals surface area contributed by atoms with Gasteiger partial charge in [0.05, 0.1) is 5.02 Å². The van der Waals surface area contributed by atoms with Crippen molar-refractivity contribution in [2.45, 2.75) is 26.0 Å². The second-order valence-electron chi connectivity index (χ2n) is 3.85. The molecule has 0 aliphatic rings.